The van der Waals surface area contributed by atoms with E-state index in [1.165, 1.54) is 0 Å². The number of ether oxygens (including phenoxy) is 1. The molecule has 1 atom stereocenters. The van der Waals surface area contributed by atoms with E-state index in [4.69, 9.17) is 16.3 Å². The molecule has 0 bridgehead atoms. The van der Waals surface area contributed by atoms with Crippen molar-refractivity contribution in [3.63, 3.8) is 0 Å². The van der Waals surface area contributed by atoms with Gasteiger partial charge in [-0.15, -0.1) is 0 Å². The molecule has 0 spiro atoms. The van der Waals surface area contributed by atoms with Crippen molar-refractivity contribution in [3.8, 4) is 5.75 Å². The van der Waals surface area contributed by atoms with Gasteiger partial charge in [-0.05, 0) is 31.2 Å². The first-order chi connectivity index (χ1) is 9.08. The Morgan fingerprint density at radius 2 is 2.16 bits per heavy atom. The predicted octanol–water partition coefficient (Wildman–Crippen LogP) is 2.70. The summed E-state index contributed by atoms with van der Waals surface area (Å²) in [6.07, 6.45) is 1.72. The van der Waals surface area contributed by atoms with Crippen LogP contribution >= 0.6 is 11.6 Å². The zero-order chi connectivity index (χ0) is 14.0. The normalized spacial score (nSPS) is 12.5. The largest absolute Gasteiger partial charge is 0.493 e. The van der Waals surface area contributed by atoms with Crippen LogP contribution in [-0.2, 0) is 7.05 Å². The molecule has 1 aromatic carbocycles. The van der Waals surface area contributed by atoms with Crippen LogP contribution < -0.4 is 10.1 Å². The Labute approximate surface area is 118 Å². The summed E-state index contributed by atoms with van der Waals surface area (Å²) < 4.78 is 7.20. The van der Waals surface area contributed by atoms with Crippen molar-refractivity contribution in [2.45, 2.75) is 13.0 Å². The second-order valence-corrected chi connectivity index (χ2v) is 4.86. The molecule has 1 aromatic heterocycles. The van der Waals surface area contributed by atoms with Gasteiger partial charge in [-0.3, -0.25) is 4.68 Å². The van der Waals surface area contributed by atoms with Crippen LogP contribution in [0.2, 0.25) is 5.02 Å². The number of methoxy groups -OCH3 is 1. The highest BCUT2D eigenvalue weighted by Gasteiger charge is 2.21. The maximum Gasteiger partial charge on any atom is 0.161 e. The third-order valence-electron chi connectivity index (χ3n) is 3.25. The number of benzene rings is 1. The van der Waals surface area contributed by atoms with E-state index >= 15 is 0 Å². The van der Waals surface area contributed by atoms with Gasteiger partial charge in [0.2, 0.25) is 0 Å². The van der Waals surface area contributed by atoms with Crippen molar-refractivity contribution in [1.82, 2.24) is 15.1 Å². The Morgan fingerprint density at radius 1 is 1.42 bits per heavy atom. The number of hydrogen-bond acceptors (Lipinski definition) is 3. The fourth-order valence-corrected chi connectivity index (χ4v) is 2.34. The maximum absolute atomic E-state index is 6.08. The maximum atomic E-state index is 6.08. The van der Waals surface area contributed by atoms with Gasteiger partial charge in [0.1, 0.15) is 5.69 Å². The molecule has 0 radical (unpaired) electrons. The first-order valence-electron chi connectivity index (χ1n) is 6.07. The SMILES string of the molecule is CNC(c1ccc(Cl)c(C)c1)c1c(OC)cnn1C. The molecule has 0 aliphatic carbocycles. The average Bonchev–Trinajstić information content (AvgIpc) is 2.76. The Kier molecular flexibility index (Phi) is 4.12. The second kappa shape index (κ2) is 5.63. The van der Waals surface area contributed by atoms with E-state index in [2.05, 4.69) is 16.5 Å². The van der Waals surface area contributed by atoms with E-state index in [0.717, 1.165) is 27.6 Å². The van der Waals surface area contributed by atoms with E-state index in [9.17, 15) is 0 Å². The molecule has 2 aromatic rings. The molecule has 2 rings (SSSR count). The van der Waals surface area contributed by atoms with Crippen LogP contribution in [0.5, 0.6) is 5.75 Å². The highest BCUT2D eigenvalue weighted by Crippen LogP contribution is 2.30. The predicted molar refractivity (Wildman–Crippen MR) is 76.9 cm³/mol. The minimum atomic E-state index is 0.0124. The lowest BCUT2D eigenvalue weighted by Crippen LogP contribution is -2.21. The molecule has 0 aliphatic rings. The van der Waals surface area contributed by atoms with E-state index in [0.29, 0.717) is 0 Å². The van der Waals surface area contributed by atoms with Gasteiger partial charge >= 0.3 is 0 Å². The zero-order valence-corrected chi connectivity index (χ0v) is 12.3. The molecule has 5 heteroatoms. The summed E-state index contributed by atoms with van der Waals surface area (Å²) in [4.78, 5) is 0. The van der Waals surface area contributed by atoms with Gasteiger partial charge in [-0.25, -0.2) is 0 Å². The van der Waals surface area contributed by atoms with E-state index in [1.807, 2.05) is 37.8 Å². The van der Waals surface area contributed by atoms with Gasteiger partial charge in [0.25, 0.3) is 0 Å². The van der Waals surface area contributed by atoms with Crippen molar-refractivity contribution >= 4 is 11.6 Å². The van der Waals surface area contributed by atoms with Crippen molar-refractivity contribution in [2.75, 3.05) is 14.2 Å². The molecule has 0 fully saturated rings. The Bertz CT molecular complexity index is 580. The molecule has 1 N–H and O–H groups in total. The number of nitrogens with zero attached hydrogens (tertiary/aromatic N) is 2. The van der Waals surface area contributed by atoms with E-state index in [-0.39, 0.29) is 6.04 Å². The zero-order valence-electron chi connectivity index (χ0n) is 11.6. The standard InChI is InChI=1S/C14H18ClN3O/c1-9-7-10(5-6-11(9)15)13(16-2)14-12(19-4)8-17-18(14)3/h5-8,13,16H,1-4H3. The molecule has 4 nitrogen and oxygen atoms in total. The average molecular weight is 280 g/mol. The number of hydrogen-bond donors (Lipinski definition) is 1. The molecule has 1 heterocycles. The number of aryl methyl sites for hydroxylation is 2. The molecule has 0 saturated heterocycles. The lowest BCUT2D eigenvalue weighted by molar-refractivity contribution is 0.402. The summed E-state index contributed by atoms with van der Waals surface area (Å²) in [6.45, 7) is 2.00. The number of nitrogens with one attached hydrogen (secondary N) is 1. The lowest BCUT2D eigenvalue weighted by atomic mass is 10.0. The summed E-state index contributed by atoms with van der Waals surface area (Å²) in [7, 11) is 5.48. The van der Waals surface area contributed by atoms with E-state index in [1.54, 1.807) is 13.3 Å². The minimum Gasteiger partial charge on any atom is -0.493 e. The Balaban J connectivity index is 2.49. The lowest BCUT2D eigenvalue weighted by Gasteiger charge is -2.19. The van der Waals surface area contributed by atoms with Gasteiger partial charge < -0.3 is 10.1 Å². The van der Waals surface area contributed by atoms with Crippen LogP contribution in [0.1, 0.15) is 22.9 Å². The monoisotopic (exact) mass is 279 g/mol. The summed E-state index contributed by atoms with van der Waals surface area (Å²) in [5, 5.41) is 8.32. The molecule has 0 aliphatic heterocycles. The first kappa shape index (κ1) is 13.9. The number of rotatable bonds is 4. The number of aromatic nitrogens is 2. The van der Waals surface area contributed by atoms with Crippen LogP contribution in [-0.4, -0.2) is 23.9 Å². The molecular weight excluding hydrogens is 262 g/mol. The third-order valence-corrected chi connectivity index (χ3v) is 3.67. The van der Waals surface area contributed by atoms with Crippen LogP contribution in [0.15, 0.2) is 24.4 Å². The fourth-order valence-electron chi connectivity index (χ4n) is 2.22. The van der Waals surface area contributed by atoms with Crippen LogP contribution in [0, 0.1) is 6.92 Å². The van der Waals surface area contributed by atoms with Gasteiger partial charge in [-0.1, -0.05) is 23.7 Å². The highest BCUT2D eigenvalue weighted by molar-refractivity contribution is 6.31. The van der Waals surface area contributed by atoms with Crippen LogP contribution in [0.4, 0.5) is 0 Å². The molecule has 19 heavy (non-hydrogen) atoms. The van der Waals surface area contributed by atoms with Gasteiger partial charge in [-0.2, -0.15) is 5.10 Å². The summed E-state index contributed by atoms with van der Waals surface area (Å²) in [6, 6.07) is 6.02. The quantitative estimate of drug-likeness (QED) is 0.935. The van der Waals surface area contributed by atoms with Crippen LogP contribution in [0.25, 0.3) is 0 Å². The number of halogens is 1. The van der Waals surface area contributed by atoms with Gasteiger partial charge in [0, 0.05) is 12.1 Å². The molecular formula is C14H18ClN3O. The first-order valence-corrected chi connectivity index (χ1v) is 6.45. The van der Waals surface area contributed by atoms with Crippen molar-refractivity contribution in [2.24, 2.45) is 7.05 Å². The minimum absolute atomic E-state index is 0.0124. The third kappa shape index (κ3) is 2.60. The van der Waals surface area contributed by atoms with E-state index < -0.39 is 0 Å². The summed E-state index contributed by atoms with van der Waals surface area (Å²) in [5.41, 5.74) is 3.18. The van der Waals surface area contributed by atoms with Crippen molar-refractivity contribution < 1.29 is 4.74 Å². The topological polar surface area (TPSA) is 39.1 Å². The molecule has 1 unspecified atom stereocenters. The summed E-state index contributed by atoms with van der Waals surface area (Å²) >= 11 is 6.08. The molecule has 102 valence electrons. The van der Waals surface area contributed by atoms with Gasteiger partial charge in [0.15, 0.2) is 5.75 Å². The smallest absolute Gasteiger partial charge is 0.161 e. The summed E-state index contributed by atoms with van der Waals surface area (Å²) in [5.74, 6) is 0.773. The molecule has 0 amide bonds. The van der Waals surface area contributed by atoms with Crippen LogP contribution in [0.3, 0.4) is 0 Å². The molecule has 0 saturated carbocycles. The highest BCUT2D eigenvalue weighted by atomic mass is 35.5. The second-order valence-electron chi connectivity index (χ2n) is 4.45. The van der Waals surface area contributed by atoms with Crippen molar-refractivity contribution in [1.29, 1.82) is 0 Å². The fraction of sp³-hybridized carbons (Fsp3) is 0.357. The Morgan fingerprint density at radius 3 is 2.74 bits per heavy atom. The van der Waals surface area contributed by atoms with Crippen molar-refractivity contribution in [3.05, 3.63) is 46.2 Å². The van der Waals surface area contributed by atoms with Gasteiger partial charge in [0.05, 0.1) is 19.3 Å². The Hall–Kier alpha value is -1.52.